The number of ether oxygens (including phenoxy) is 1. The highest BCUT2D eigenvalue weighted by Crippen LogP contribution is 2.45. The summed E-state index contributed by atoms with van der Waals surface area (Å²) in [6.45, 7) is 5.66. The number of methoxy groups -OCH3 is 1. The molecular formula is C29H30F3N5O8. The number of nitrogens with one attached hydrogen (secondary N) is 1. The summed E-state index contributed by atoms with van der Waals surface area (Å²) in [4.78, 5) is 50.6. The zero-order valence-electron chi connectivity index (χ0n) is 24.6. The maximum atomic E-state index is 13.8. The minimum absolute atomic E-state index is 0.0748. The Kier molecular flexibility index (Phi) is 9.30. The fourth-order valence-corrected chi connectivity index (χ4v) is 6.21. The summed E-state index contributed by atoms with van der Waals surface area (Å²) in [5.41, 5.74) is -2.29. The molecule has 0 amide bonds. The monoisotopic (exact) mass is 633 g/mol. The summed E-state index contributed by atoms with van der Waals surface area (Å²) in [7, 11) is 1.12. The number of benzene rings is 2. The van der Waals surface area contributed by atoms with Gasteiger partial charge in [-0.3, -0.25) is 25.1 Å². The van der Waals surface area contributed by atoms with E-state index in [4.69, 9.17) is 4.74 Å². The molecule has 2 aliphatic heterocycles. The number of allylic oxidation sites excluding steroid dienone is 2. The number of nitro benzene ring substituents is 2. The Labute approximate surface area is 254 Å². The first-order valence-corrected chi connectivity index (χ1v) is 13.7. The molecule has 4 rings (SSSR count). The number of halogens is 3. The molecule has 0 radical (unpaired) electrons. The molecule has 3 atom stereocenters. The fourth-order valence-electron chi connectivity index (χ4n) is 6.21. The summed E-state index contributed by atoms with van der Waals surface area (Å²) in [5.74, 6) is -3.49. The topological polar surface area (TPSA) is 168 Å². The molecular weight excluding hydrogens is 603 g/mol. The highest BCUT2D eigenvalue weighted by Gasteiger charge is 2.44. The van der Waals surface area contributed by atoms with E-state index in [-0.39, 0.29) is 52.4 Å². The van der Waals surface area contributed by atoms with Crippen LogP contribution in [0.25, 0.3) is 0 Å². The van der Waals surface area contributed by atoms with Gasteiger partial charge < -0.3 is 20.1 Å². The van der Waals surface area contributed by atoms with Crippen LogP contribution in [0, 0.1) is 20.2 Å². The Hall–Kier alpha value is -4.83. The number of hydrogen-bond acceptors (Lipinski definition) is 10. The maximum Gasteiger partial charge on any atom is 0.423 e. The first-order chi connectivity index (χ1) is 21.1. The number of nitro groups is 2. The second kappa shape index (κ2) is 12.6. The minimum atomic E-state index is -4.99. The van der Waals surface area contributed by atoms with Gasteiger partial charge in [0.1, 0.15) is 5.56 Å². The number of carboxylic acids is 1. The molecule has 3 unspecified atom stereocenters. The predicted molar refractivity (Wildman–Crippen MR) is 153 cm³/mol. The van der Waals surface area contributed by atoms with Crippen molar-refractivity contribution in [3.05, 3.63) is 102 Å². The molecule has 2 aromatic rings. The quantitative estimate of drug-likeness (QED) is 0.234. The van der Waals surface area contributed by atoms with E-state index in [0.29, 0.717) is 6.54 Å². The number of esters is 1. The molecule has 2 aliphatic rings. The second-order valence-corrected chi connectivity index (χ2v) is 10.6. The zero-order chi connectivity index (χ0) is 33.4. The molecule has 1 saturated heterocycles. The van der Waals surface area contributed by atoms with Crippen LogP contribution in [0.3, 0.4) is 0 Å². The first kappa shape index (κ1) is 33.1. The summed E-state index contributed by atoms with van der Waals surface area (Å²) in [6.07, 6.45) is -5.74. The number of carbonyl (C=O) groups is 2. The number of nitrogens with zero attached hydrogens (tertiary/aromatic N) is 4. The smallest absolute Gasteiger partial charge is 0.423 e. The number of carboxylic acid groups (broad SMARTS) is 1. The average Bonchev–Trinajstić information content (AvgIpc) is 2.99. The van der Waals surface area contributed by atoms with Crippen molar-refractivity contribution < 1.29 is 42.5 Å². The number of carbonyl (C=O) groups excluding carboxylic acids is 1. The van der Waals surface area contributed by atoms with Crippen LogP contribution in [0.4, 0.5) is 24.5 Å². The second-order valence-electron chi connectivity index (χ2n) is 10.6. The standard InChI is InChI=1S/C29H30F3N5O8/c1-15-24(27(38)39)26(19-6-5-7-20(12-19)36(41)42)25(28(40)45-4)16(2)35(15)17(3)34-11-10-33-14-23(34)18-8-9-22(37(43)44)21(13-18)29(30,31)32/h5-9,12-13,17,23,26,33H,10-11,14H2,1-4H3,(H,38,39). The lowest BCUT2D eigenvalue weighted by Gasteiger charge is -2.48. The van der Waals surface area contributed by atoms with Crippen LogP contribution < -0.4 is 5.32 Å². The Morgan fingerprint density at radius 1 is 1.04 bits per heavy atom. The highest BCUT2D eigenvalue weighted by atomic mass is 19.4. The van der Waals surface area contributed by atoms with E-state index in [1.54, 1.807) is 18.7 Å². The van der Waals surface area contributed by atoms with Crippen molar-refractivity contribution >= 4 is 23.3 Å². The Bertz CT molecular complexity index is 1620. The molecule has 2 aromatic carbocycles. The van der Waals surface area contributed by atoms with Gasteiger partial charge in [0.05, 0.1) is 40.2 Å². The van der Waals surface area contributed by atoms with Crippen LogP contribution >= 0.6 is 0 Å². The normalized spacial score (nSPS) is 20.2. The molecule has 2 heterocycles. The van der Waals surface area contributed by atoms with Crippen molar-refractivity contribution in [1.29, 1.82) is 0 Å². The van der Waals surface area contributed by atoms with Gasteiger partial charge in [0, 0.05) is 55.3 Å². The van der Waals surface area contributed by atoms with Gasteiger partial charge in [0.25, 0.3) is 11.4 Å². The van der Waals surface area contributed by atoms with Crippen LogP contribution in [0.1, 0.15) is 49.4 Å². The van der Waals surface area contributed by atoms with Crippen LogP contribution in [-0.4, -0.2) is 69.6 Å². The third-order valence-corrected chi connectivity index (χ3v) is 8.18. The largest absolute Gasteiger partial charge is 0.478 e. The number of hydrogen-bond donors (Lipinski definition) is 2. The van der Waals surface area contributed by atoms with E-state index in [1.807, 2.05) is 4.90 Å². The fraction of sp³-hybridized carbons (Fsp3) is 0.379. The zero-order valence-corrected chi connectivity index (χ0v) is 24.6. The van der Waals surface area contributed by atoms with E-state index in [0.717, 1.165) is 19.2 Å². The molecule has 2 N–H and O–H groups in total. The van der Waals surface area contributed by atoms with Gasteiger partial charge in [0.2, 0.25) is 0 Å². The Morgan fingerprint density at radius 2 is 1.71 bits per heavy atom. The minimum Gasteiger partial charge on any atom is -0.478 e. The van der Waals surface area contributed by atoms with Gasteiger partial charge in [-0.15, -0.1) is 0 Å². The molecule has 13 nitrogen and oxygen atoms in total. The van der Waals surface area contributed by atoms with E-state index >= 15 is 0 Å². The molecule has 0 aliphatic carbocycles. The number of alkyl halides is 3. The van der Waals surface area contributed by atoms with Crippen molar-refractivity contribution in [2.75, 3.05) is 26.7 Å². The summed E-state index contributed by atoms with van der Waals surface area (Å²) in [6, 6.07) is 7.36. The summed E-state index contributed by atoms with van der Waals surface area (Å²) >= 11 is 0. The van der Waals surface area contributed by atoms with Crippen molar-refractivity contribution in [3.8, 4) is 0 Å². The highest BCUT2D eigenvalue weighted by molar-refractivity contribution is 5.99. The van der Waals surface area contributed by atoms with Gasteiger partial charge in [-0.1, -0.05) is 18.2 Å². The summed E-state index contributed by atoms with van der Waals surface area (Å²) in [5, 5.41) is 36.4. The number of piperazine rings is 1. The molecule has 0 saturated carbocycles. The van der Waals surface area contributed by atoms with Gasteiger partial charge in [-0.2, -0.15) is 13.2 Å². The number of rotatable bonds is 8. The van der Waals surface area contributed by atoms with E-state index in [2.05, 4.69) is 5.32 Å². The van der Waals surface area contributed by atoms with Crippen LogP contribution in [0.2, 0.25) is 0 Å². The molecule has 1 fully saturated rings. The van der Waals surface area contributed by atoms with Crippen LogP contribution in [-0.2, 0) is 20.5 Å². The predicted octanol–water partition coefficient (Wildman–Crippen LogP) is 4.72. The average molecular weight is 634 g/mol. The molecule has 240 valence electrons. The van der Waals surface area contributed by atoms with Gasteiger partial charge in [-0.05, 0) is 38.0 Å². The van der Waals surface area contributed by atoms with E-state index < -0.39 is 57.3 Å². The molecule has 0 aromatic heterocycles. The Balaban J connectivity index is 1.87. The lowest BCUT2D eigenvalue weighted by Crippen LogP contribution is -2.55. The molecule has 0 spiro atoms. The lowest BCUT2D eigenvalue weighted by atomic mass is 9.79. The molecule has 16 heteroatoms. The molecule has 0 bridgehead atoms. The van der Waals surface area contributed by atoms with E-state index in [9.17, 15) is 48.1 Å². The number of non-ortho nitro benzene ring substituents is 1. The Morgan fingerprint density at radius 3 is 2.29 bits per heavy atom. The third kappa shape index (κ3) is 6.23. The number of aliphatic carboxylic acids is 1. The summed E-state index contributed by atoms with van der Waals surface area (Å²) < 4.78 is 46.5. The van der Waals surface area contributed by atoms with Crippen LogP contribution in [0.15, 0.2) is 65.0 Å². The lowest BCUT2D eigenvalue weighted by molar-refractivity contribution is -0.388. The third-order valence-electron chi connectivity index (χ3n) is 8.18. The van der Waals surface area contributed by atoms with Gasteiger partial charge >= 0.3 is 18.1 Å². The van der Waals surface area contributed by atoms with Crippen molar-refractivity contribution in [3.63, 3.8) is 0 Å². The van der Waals surface area contributed by atoms with Gasteiger partial charge in [0.15, 0.2) is 0 Å². The van der Waals surface area contributed by atoms with Crippen molar-refractivity contribution in [2.45, 2.75) is 45.1 Å². The van der Waals surface area contributed by atoms with Crippen molar-refractivity contribution in [2.24, 2.45) is 0 Å². The molecule has 45 heavy (non-hydrogen) atoms. The van der Waals surface area contributed by atoms with Crippen LogP contribution in [0.5, 0.6) is 0 Å². The first-order valence-electron chi connectivity index (χ1n) is 13.7. The van der Waals surface area contributed by atoms with Crippen molar-refractivity contribution in [1.82, 2.24) is 15.1 Å². The maximum absolute atomic E-state index is 13.8. The van der Waals surface area contributed by atoms with Gasteiger partial charge in [-0.25, -0.2) is 9.59 Å². The van der Waals surface area contributed by atoms with E-state index in [1.165, 1.54) is 37.3 Å². The SMILES string of the molecule is COC(=O)C1=C(C)N(C(C)N2CCNCC2c2ccc([N+](=O)[O-])c(C(F)(F)F)c2)C(C)=C(C(=O)O)C1c1cccc([N+](=O)[O-])c1.